The van der Waals surface area contributed by atoms with Crippen molar-refractivity contribution in [3.05, 3.63) is 26.5 Å². The van der Waals surface area contributed by atoms with Crippen LogP contribution in [0.2, 0.25) is 5.02 Å². The van der Waals surface area contributed by atoms with E-state index in [4.69, 9.17) is 11.6 Å². The maximum absolute atomic E-state index is 12.0. The molecule has 5 heteroatoms. The first-order valence-electron chi connectivity index (χ1n) is 2.70. The van der Waals surface area contributed by atoms with Crippen LogP contribution in [0.25, 0.3) is 0 Å². The first-order chi connectivity index (χ1) is 5.11. The van der Waals surface area contributed by atoms with Gasteiger partial charge in [-0.2, -0.15) is 0 Å². The van der Waals surface area contributed by atoms with E-state index in [1.165, 1.54) is 6.07 Å². The second-order valence-corrected chi connectivity index (χ2v) is 3.27. The van der Waals surface area contributed by atoms with Crippen molar-refractivity contribution in [3.8, 4) is 0 Å². The van der Waals surface area contributed by atoms with E-state index in [-0.39, 0.29) is 10.6 Å². The molecule has 0 fully saturated rings. The summed E-state index contributed by atoms with van der Waals surface area (Å²) in [6, 6.07) is 1.22. The van der Waals surface area contributed by atoms with Gasteiger partial charge in [0.15, 0.2) is 0 Å². The number of halogens is 4. The number of nitrogens with zero attached hydrogens (tertiary/aromatic N) is 1. The molecular weight excluding hydrogens is 286 g/mol. The molecule has 11 heavy (non-hydrogen) atoms. The van der Waals surface area contributed by atoms with Crippen LogP contribution in [0.4, 0.5) is 8.78 Å². The van der Waals surface area contributed by atoms with E-state index in [0.29, 0.717) is 3.70 Å². The summed E-state index contributed by atoms with van der Waals surface area (Å²) in [7, 11) is 0. The molecule has 1 aromatic heterocycles. The van der Waals surface area contributed by atoms with Crippen LogP contribution in [0.1, 0.15) is 12.0 Å². The van der Waals surface area contributed by atoms with E-state index in [9.17, 15) is 8.78 Å². The highest BCUT2D eigenvalue weighted by molar-refractivity contribution is 14.1. The van der Waals surface area contributed by atoms with Crippen LogP contribution < -0.4 is 0 Å². The SMILES string of the molecule is FC(F)c1cnc(I)c(Cl)c1. The van der Waals surface area contributed by atoms with Gasteiger partial charge in [0.05, 0.1) is 5.02 Å². The van der Waals surface area contributed by atoms with Gasteiger partial charge in [-0.25, -0.2) is 13.8 Å². The molecule has 0 spiro atoms. The van der Waals surface area contributed by atoms with Crippen molar-refractivity contribution in [1.82, 2.24) is 4.98 Å². The van der Waals surface area contributed by atoms with Crippen LogP contribution in [0.15, 0.2) is 12.3 Å². The molecule has 0 N–H and O–H groups in total. The van der Waals surface area contributed by atoms with Crippen LogP contribution >= 0.6 is 34.2 Å². The lowest BCUT2D eigenvalue weighted by molar-refractivity contribution is 0.151. The summed E-state index contributed by atoms with van der Waals surface area (Å²) in [5.74, 6) is 0. The molecule has 1 rings (SSSR count). The summed E-state index contributed by atoms with van der Waals surface area (Å²) in [5, 5.41) is 0.267. The first kappa shape index (κ1) is 9.12. The summed E-state index contributed by atoms with van der Waals surface area (Å²) < 4.78 is 24.5. The van der Waals surface area contributed by atoms with E-state index in [1.54, 1.807) is 0 Å². The average molecular weight is 289 g/mol. The van der Waals surface area contributed by atoms with Crippen molar-refractivity contribution in [2.24, 2.45) is 0 Å². The van der Waals surface area contributed by atoms with Crippen molar-refractivity contribution in [2.75, 3.05) is 0 Å². The lowest BCUT2D eigenvalue weighted by atomic mass is 10.3. The predicted octanol–water partition coefficient (Wildman–Crippen LogP) is 3.28. The van der Waals surface area contributed by atoms with Crippen molar-refractivity contribution in [2.45, 2.75) is 6.43 Å². The summed E-state index contributed by atoms with van der Waals surface area (Å²) in [4.78, 5) is 3.67. The molecule has 0 aliphatic heterocycles. The lowest BCUT2D eigenvalue weighted by Gasteiger charge is -1.99. The molecule has 0 aromatic carbocycles. The zero-order valence-electron chi connectivity index (χ0n) is 5.19. The molecule has 0 amide bonds. The molecule has 1 aromatic rings. The van der Waals surface area contributed by atoms with Crippen LogP contribution in [0, 0.1) is 3.70 Å². The summed E-state index contributed by atoms with van der Waals surface area (Å²) in [6.07, 6.45) is -1.38. The Labute approximate surface area is 80.9 Å². The highest BCUT2D eigenvalue weighted by Gasteiger charge is 2.08. The molecule has 0 aliphatic carbocycles. The molecule has 1 heterocycles. The van der Waals surface area contributed by atoms with Gasteiger partial charge in [0, 0.05) is 11.8 Å². The topological polar surface area (TPSA) is 12.9 Å². The summed E-state index contributed by atoms with van der Waals surface area (Å²) in [6.45, 7) is 0. The van der Waals surface area contributed by atoms with Gasteiger partial charge in [-0.05, 0) is 28.7 Å². The Morgan fingerprint density at radius 2 is 2.18 bits per heavy atom. The Bertz CT molecular complexity index is 267. The Morgan fingerprint density at radius 3 is 2.64 bits per heavy atom. The Morgan fingerprint density at radius 1 is 1.55 bits per heavy atom. The van der Waals surface area contributed by atoms with Gasteiger partial charge in [-0.1, -0.05) is 11.6 Å². The molecule has 0 saturated carbocycles. The quantitative estimate of drug-likeness (QED) is 0.571. The zero-order valence-corrected chi connectivity index (χ0v) is 8.10. The number of hydrogen-bond donors (Lipinski definition) is 0. The molecule has 60 valence electrons. The van der Waals surface area contributed by atoms with Gasteiger partial charge >= 0.3 is 0 Å². The average Bonchev–Trinajstić information content (AvgIpc) is 1.94. The minimum atomic E-state index is -2.50. The lowest BCUT2D eigenvalue weighted by Crippen LogP contribution is -1.88. The van der Waals surface area contributed by atoms with E-state index < -0.39 is 6.43 Å². The fourth-order valence-electron chi connectivity index (χ4n) is 0.555. The number of hydrogen-bond acceptors (Lipinski definition) is 1. The Kier molecular flexibility index (Phi) is 3.00. The number of rotatable bonds is 1. The highest BCUT2D eigenvalue weighted by Crippen LogP contribution is 2.23. The van der Waals surface area contributed by atoms with Gasteiger partial charge in [-0.15, -0.1) is 0 Å². The molecule has 0 aliphatic rings. The zero-order chi connectivity index (χ0) is 8.43. The monoisotopic (exact) mass is 289 g/mol. The highest BCUT2D eigenvalue weighted by atomic mass is 127. The number of pyridine rings is 1. The van der Waals surface area contributed by atoms with E-state index in [0.717, 1.165) is 6.20 Å². The summed E-state index contributed by atoms with van der Waals surface area (Å²) in [5.41, 5.74) is -0.143. The largest absolute Gasteiger partial charge is 0.265 e. The second kappa shape index (κ2) is 3.62. The molecule has 0 saturated heterocycles. The van der Waals surface area contributed by atoms with Crippen molar-refractivity contribution in [1.29, 1.82) is 0 Å². The van der Waals surface area contributed by atoms with Gasteiger partial charge in [0.25, 0.3) is 6.43 Å². The third-order valence-electron chi connectivity index (χ3n) is 1.07. The van der Waals surface area contributed by atoms with E-state index >= 15 is 0 Å². The van der Waals surface area contributed by atoms with Gasteiger partial charge in [-0.3, -0.25) is 0 Å². The molecule has 0 bridgehead atoms. The van der Waals surface area contributed by atoms with Gasteiger partial charge < -0.3 is 0 Å². The second-order valence-electron chi connectivity index (χ2n) is 1.84. The van der Waals surface area contributed by atoms with Gasteiger partial charge in [0.2, 0.25) is 0 Å². The summed E-state index contributed by atoms with van der Waals surface area (Å²) >= 11 is 7.43. The smallest absolute Gasteiger partial charge is 0.248 e. The molecule has 0 unspecified atom stereocenters. The third kappa shape index (κ3) is 2.23. The Balaban J connectivity index is 3.05. The van der Waals surface area contributed by atoms with Crippen LogP contribution in [0.3, 0.4) is 0 Å². The predicted molar refractivity (Wildman–Crippen MR) is 46.9 cm³/mol. The molecular formula is C6H3ClF2IN. The number of alkyl halides is 2. The maximum Gasteiger partial charge on any atom is 0.265 e. The van der Waals surface area contributed by atoms with Crippen LogP contribution in [-0.2, 0) is 0 Å². The molecule has 0 radical (unpaired) electrons. The normalized spacial score (nSPS) is 10.6. The molecule has 1 nitrogen and oxygen atoms in total. The van der Waals surface area contributed by atoms with Crippen LogP contribution in [0.5, 0.6) is 0 Å². The fourth-order valence-corrected chi connectivity index (χ4v) is 1.03. The fraction of sp³-hybridized carbons (Fsp3) is 0.167. The minimum absolute atomic E-state index is 0.143. The van der Waals surface area contributed by atoms with Gasteiger partial charge in [0.1, 0.15) is 3.70 Å². The first-order valence-corrected chi connectivity index (χ1v) is 4.16. The number of aromatic nitrogens is 1. The Hall–Kier alpha value is 0.0300. The van der Waals surface area contributed by atoms with E-state index in [2.05, 4.69) is 4.98 Å². The molecule has 0 atom stereocenters. The third-order valence-corrected chi connectivity index (χ3v) is 2.54. The van der Waals surface area contributed by atoms with E-state index in [1.807, 2.05) is 22.6 Å². The van der Waals surface area contributed by atoms with Crippen molar-refractivity contribution in [3.63, 3.8) is 0 Å². The van der Waals surface area contributed by atoms with Crippen molar-refractivity contribution >= 4 is 34.2 Å². The van der Waals surface area contributed by atoms with Crippen molar-refractivity contribution < 1.29 is 8.78 Å². The standard InChI is InChI=1S/C6H3ClF2IN/c7-4-1-3(5(8)9)2-11-6(4)10/h1-2,5H. The van der Waals surface area contributed by atoms with Crippen LogP contribution in [-0.4, -0.2) is 4.98 Å². The minimum Gasteiger partial charge on any atom is -0.248 e. The maximum atomic E-state index is 12.0.